The van der Waals surface area contributed by atoms with E-state index in [2.05, 4.69) is 43.3 Å². The summed E-state index contributed by atoms with van der Waals surface area (Å²) >= 11 is 1.55. The van der Waals surface area contributed by atoms with Crippen LogP contribution in [0.25, 0.3) is 10.1 Å². The van der Waals surface area contributed by atoms with E-state index in [0.717, 1.165) is 26.9 Å². The Bertz CT molecular complexity index is 867. The topological polar surface area (TPSA) is 40.5 Å². The Hall–Kier alpha value is -2.17. The molecule has 0 saturated heterocycles. The van der Waals surface area contributed by atoms with Crippen molar-refractivity contribution in [3.05, 3.63) is 70.1 Å². The first kappa shape index (κ1) is 17.6. The van der Waals surface area contributed by atoms with Crippen LogP contribution >= 0.6 is 11.3 Å². The van der Waals surface area contributed by atoms with Gasteiger partial charge in [0.2, 0.25) is 0 Å². The highest BCUT2D eigenvalue weighted by atomic mass is 32.1. The average molecular weight is 353 g/mol. The zero-order valence-electron chi connectivity index (χ0n) is 14.7. The number of likely N-dealkylation sites (N-methyl/N-ethyl adjacent to an activating group) is 1. The Morgan fingerprint density at radius 1 is 1.12 bits per heavy atom. The van der Waals surface area contributed by atoms with Crippen molar-refractivity contribution < 1.29 is 9.90 Å². The van der Waals surface area contributed by atoms with Gasteiger partial charge in [-0.3, -0.25) is 4.79 Å². The largest absolute Gasteiger partial charge is 0.395 e. The molecule has 3 aromatic rings. The smallest absolute Gasteiger partial charge is 0.264 e. The number of nitrogens with zero attached hydrogens (tertiary/aromatic N) is 1. The number of fused-ring (bicyclic) bond motifs is 1. The van der Waals surface area contributed by atoms with Gasteiger partial charge < -0.3 is 10.0 Å². The molecule has 0 radical (unpaired) electrons. The lowest BCUT2D eigenvalue weighted by Crippen LogP contribution is -2.33. The summed E-state index contributed by atoms with van der Waals surface area (Å²) in [5.41, 5.74) is 3.52. The third kappa shape index (κ3) is 3.75. The molecule has 0 fully saturated rings. The molecule has 0 saturated carbocycles. The van der Waals surface area contributed by atoms with Gasteiger partial charge in [-0.2, -0.15) is 0 Å². The standard InChI is InChI=1S/C21H23NO2S/c1-3-22(12-13-23)21(24)20-18(14-16-10-8-15(2)9-11-16)17-6-4-5-7-19(17)25-20/h4-11,23H,3,12-14H2,1-2H3. The second-order valence-corrected chi connectivity index (χ2v) is 7.23. The lowest BCUT2D eigenvalue weighted by Gasteiger charge is -2.19. The minimum atomic E-state index is -0.0161. The zero-order valence-corrected chi connectivity index (χ0v) is 15.5. The highest BCUT2D eigenvalue weighted by Gasteiger charge is 2.22. The third-order valence-corrected chi connectivity index (χ3v) is 5.63. The van der Waals surface area contributed by atoms with E-state index >= 15 is 0 Å². The van der Waals surface area contributed by atoms with Gasteiger partial charge in [-0.15, -0.1) is 11.3 Å². The summed E-state index contributed by atoms with van der Waals surface area (Å²) < 4.78 is 1.13. The van der Waals surface area contributed by atoms with Gasteiger partial charge in [0.15, 0.2) is 0 Å². The van der Waals surface area contributed by atoms with Crippen molar-refractivity contribution in [3.8, 4) is 0 Å². The fourth-order valence-corrected chi connectivity index (χ4v) is 4.21. The monoisotopic (exact) mass is 353 g/mol. The van der Waals surface area contributed by atoms with Gasteiger partial charge in [-0.05, 0) is 42.8 Å². The summed E-state index contributed by atoms with van der Waals surface area (Å²) in [6, 6.07) is 16.7. The van der Waals surface area contributed by atoms with Crippen LogP contribution in [-0.4, -0.2) is 35.6 Å². The molecule has 2 aromatic carbocycles. The lowest BCUT2D eigenvalue weighted by atomic mass is 10.0. The van der Waals surface area contributed by atoms with Gasteiger partial charge in [-0.1, -0.05) is 48.0 Å². The second kappa shape index (κ2) is 7.81. The van der Waals surface area contributed by atoms with Gasteiger partial charge in [-0.25, -0.2) is 0 Å². The number of carbonyl (C=O) groups excluding carboxylic acids is 1. The average Bonchev–Trinajstić information content (AvgIpc) is 2.99. The molecular weight excluding hydrogens is 330 g/mol. The number of hydrogen-bond acceptors (Lipinski definition) is 3. The van der Waals surface area contributed by atoms with Gasteiger partial charge in [0.25, 0.3) is 5.91 Å². The Balaban J connectivity index is 2.05. The van der Waals surface area contributed by atoms with Crippen molar-refractivity contribution in [2.75, 3.05) is 19.7 Å². The Morgan fingerprint density at radius 3 is 2.52 bits per heavy atom. The van der Waals surface area contributed by atoms with Crippen LogP contribution in [0.4, 0.5) is 0 Å². The number of amides is 1. The van der Waals surface area contributed by atoms with Crippen LogP contribution in [0.3, 0.4) is 0 Å². The van der Waals surface area contributed by atoms with Gasteiger partial charge in [0.05, 0.1) is 11.5 Å². The molecule has 0 aliphatic carbocycles. The van der Waals surface area contributed by atoms with E-state index < -0.39 is 0 Å². The molecule has 0 aliphatic rings. The Kier molecular flexibility index (Phi) is 5.51. The fraction of sp³-hybridized carbons (Fsp3) is 0.286. The highest BCUT2D eigenvalue weighted by molar-refractivity contribution is 7.21. The number of benzene rings is 2. The number of aryl methyl sites for hydroxylation is 1. The predicted octanol–water partition coefficient (Wildman–Crippen LogP) is 4.25. The normalized spacial score (nSPS) is 11.0. The third-order valence-electron chi connectivity index (χ3n) is 4.43. The van der Waals surface area contributed by atoms with Crippen molar-refractivity contribution >= 4 is 27.3 Å². The summed E-state index contributed by atoms with van der Waals surface area (Å²) in [5, 5.41) is 10.4. The number of carbonyl (C=O) groups is 1. The first-order chi connectivity index (χ1) is 12.1. The number of aliphatic hydroxyl groups is 1. The van der Waals surface area contributed by atoms with E-state index in [1.165, 1.54) is 11.1 Å². The van der Waals surface area contributed by atoms with Gasteiger partial charge >= 0.3 is 0 Å². The number of aliphatic hydroxyl groups excluding tert-OH is 1. The molecule has 0 aliphatic heterocycles. The van der Waals surface area contributed by atoms with Crippen molar-refractivity contribution in [2.45, 2.75) is 20.3 Å². The SMILES string of the molecule is CCN(CCO)C(=O)c1sc2ccccc2c1Cc1ccc(C)cc1. The second-order valence-electron chi connectivity index (χ2n) is 6.18. The molecule has 0 bridgehead atoms. The van der Waals surface area contributed by atoms with Gasteiger partial charge in [0, 0.05) is 17.8 Å². The molecule has 3 nitrogen and oxygen atoms in total. The maximum atomic E-state index is 13.0. The molecule has 3 rings (SSSR count). The molecule has 1 heterocycles. The molecule has 1 amide bonds. The van der Waals surface area contributed by atoms with E-state index in [1.54, 1.807) is 16.2 Å². The molecule has 0 unspecified atom stereocenters. The summed E-state index contributed by atoms with van der Waals surface area (Å²) in [4.78, 5) is 15.5. The lowest BCUT2D eigenvalue weighted by molar-refractivity contribution is 0.0736. The van der Waals surface area contributed by atoms with E-state index in [0.29, 0.717) is 13.1 Å². The first-order valence-electron chi connectivity index (χ1n) is 8.60. The molecule has 25 heavy (non-hydrogen) atoms. The van der Waals surface area contributed by atoms with Crippen LogP contribution < -0.4 is 0 Å². The van der Waals surface area contributed by atoms with Crippen LogP contribution in [0.15, 0.2) is 48.5 Å². The number of hydrogen-bond donors (Lipinski definition) is 1. The Labute approximate surface area is 152 Å². The minimum Gasteiger partial charge on any atom is -0.395 e. The van der Waals surface area contributed by atoms with Crippen LogP contribution in [-0.2, 0) is 6.42 Å². The molecule has 1 aromatic heterocycles. The van der Waals surface area contributed by atoms with Crippen LogP contribution in [0, 0.1) is 6.92 Å². The quantitative estimate of drug-likeness (QED) is 0.719. The predicted molar refractivity (Wildman–Crippen MR) is 104 cm³/mol. The van der Waals surface area contributed by atoms with Crippen molar-refractivity contribution in [1.82, 2.24) is 4.90 Å². The summed E-state index contributed by atoms with van der Waals surface area (Å²) in [7, 11) is 0. The first-order valence-corrected chi connectivity index (χ1v) is 9.41. The van der Waals surface area contributed by atoms with Crippen molar-refractivity contribution in [1.29, 1.82) is 0 Å². The molecule has 0 spiro atoms. The number of rotatable bonds is 6. The van der Waals surface area contributed by atoms with Crippen LogP contribution in [0.1, 0.15) is 33.3 Å². The van der Waals surface area contributed by atoms with Crippen LogP contribution in [0.5, 0.6) is 0 Å². The molecule has 4 heteroatoms. The summed E-state index contributed by atoms with van der Waals surface area (Å²) in [6.07, 6.45) is 0.738. The molecule has 1 N–H and O–H groups in total. The zero-order chi connectivity index (χ0) is 17.8. The van der Waals surface area contributed by atoms with E-state index in [9.17, 15) is 9.90 Å². The van der Waals surface area contributed by atoms with Crippen LogP contribution in [0.2, 0.25) is 0 Å². The minimum absolute atomic E-state index is 0.0138. The molecular formula is C21H23NO2S. The molecule has 0 atom stereocenters. The van der Waals surface area contributed by atoms with Gasteiger partial charge in [0.1, 0.15) is 0 Å². The Morgan fingerprint density at radius 2 is 1.84 bits per heavy atom. The maximum Gasteiger partial charge on any atom is 0.264 e. The summed E-state index contributed by atoms with van der Waals surface area (Å²) in [6.45, 7) is 4.97. The number of thiophene rings is 1. The van der Waals surface area contributed by atoms with Crippen molar-refractivity contribution in [2.24, 2.45) is 0 Å². The van der Waals surface area contributed by atoms with Crippen molar-refractivity contribution in [3.63, 3.8) is 0 Å². The molecule has 130 valence electrons. The maximum absolute atomic E-state index is 13.0. The van der Waals surface area contributed by atoms with E-state index in [1.807, 2.05) is 19.1 Å². The highest BCUT2D eigenvalue weighted by Crippen LogP contribution is 2.34. The van der Waals surface area contributed by atoms with E-state index in [-0.39, 0.29) is 12.5 Å². The fourth-order valence-electron chi connectivity index (χ4n) is 3.02. The van der Waals surface area contributed by atoms with E-state index in [4.69, 9.17) is 0 Å². The summed E-state index contributed by atoms with van der Waals surface area (Å²) in [5.74, 6) is 0.0138.